The predicted octanol–water partition coefficient (Wildman–Crippen LogP) is 4.06. The number of carbonyl (C=O) groups is 1. The number of pyridine rings is 1. The van der Waals surface area contributed by atoms with Crippen molar-refractivity contribution in [3.05, 3.63) is 34.4 Å². The molecule has 0 atom stereocenters. The van der Waals surface area contributed by atoms with Crippen LogP contribution in [0.3, 0.4) is 0 Å². The molecule has 0 fully saturated rings. The summed E-state index contributed by atoms with van der Waals surface area (Å²) in [6, 6.07) is 3.44. The number of carbonyl (C=O) groups excluding carboxylic acids is 1. The molecule has 1 heterocycles. The second-order valence-electron chi connectivity index (χ2n) is 4.89. The molecule has 0 aliphatic heterocycles. The van der Waals surface area contributed by atoms with Crippen LogP contribution in [0, 0.1) is 5.41 Å². The second kappa shape index (κ2) is 5.85. The van der Waals surface area contributed by atoms with Crippen molar-refractivity contribution in [2.45, 2.75) is 20.8 Å². The summed E-state index contributed by atoms with van der Waals surface area (Å²) >= 11 is 9.27. The highest BCUT2D eigenvalue weighted by molar-refractivity contribution is 9.10. The van der Waals surface area contributed by atoms with Gasteiger partial charge in [0.15, 0.2) is 5.82 Å². The van der Waals surface area contributed by atoms with E-state index in [1.54, 1.807) is 23.1 Å². The molecule has 1 aromatic rings. The standard InChI is InChI=1S/C13H16BrClN2O/c1-5-8-17(12(18)13(2,3)4)11-9(14)6-7-10(15)16-11/h5-7H,1,8H2,2-4H3. The number of hydrogen-bond acceptors (Lipinski definition) is 2. The summed E-state index contributed by atoms with van der Waals surface area (Å²) in [5.74, 6) is 0.486. The van der Waals surface area contributed by atoms with Gasteiger partial charge >= 0.3 is 0 Å². The number of amides is 1. The third-order valence-corrected chi connectivity index (χ3v) is 3.08. The zero-order valence-corrected chi connectivity index (χ0v) is 13.0. The van der Waals surface area contributed by atoms with Crippen molar-refractivity contribution in [2.24, 2.45) is 5.41 Å². The van der Waals surface area contributed by atoms with Crippen LogP contribution in [0.2, 0.25) is 5.15 Å². The fourth-order valence-electron chi connectivity index (χ4n) is 1.40. The monoisotopic (exact) mass is 330 g/mol. The van der Waals surface area contributed by atoms with Gasteiger partial charge in [0, 0.05) is 12.0 Å². The fourth-order valence-corrected chi connectivity index (χ4v) is 1.98. The van der Waals surface area contributed by atoms with E-state index in [1.807, 2.05) is 20.8 Å². The van der Waals surface area contributed by atoms with Crippen LogP contribution in [-0.2, 0) is 4.79 Å². The number of halogens is 2. The molecule has 1 aromatic heterocycles. The largest absolute Gasteiger partial charge is 0.292 e. The maximum absolute atomic E-state index is 12.4. The minimum Gasteiger partial charge on any atom is -0.292 e. The van der Waals surface area contributed by atoms with Crippen molar-refractivity contribution >= 4 is 39.3 Å². The molecular formula is C13H16BrClN2O. The quantitative estimate of drug-likeness (QED) is 0.618. The van der Waals surface area contributed by atoms with E-state index in [1.165, 1.54) is 0 Å². The van der Waals surface area contributed by atoms with E-state index in [0.717, 1.165) is 4.47 Å². The molecule has 98 valence electrons. The molecule has 0 spiro atoms. The average molecular weight is 332 g/mol. The van der Waals surface area contributed by atoms with Crippen LogP contribution in [0.1, 0.15) is 20.8 Å². The summed E-state index contributed by atoms with van der Waals surface area (Å²) in [4.78, 5) is 18.2. The Morgan fingerprint density at radius 1 is 1.56 bits per heavy atom. The van der Waals surface area contributed by atoms with Gasteiger partial charge in [-0.1, -0.05) is 38.4 Å². The molecular weight excluding hydrogens is 316 g/mol. The Balaban J connectivity index is 3.24. The third kappa shape index (κ3) is 3.56. The topological polar surface area (TPSA) is 33.2 Å². The van der Waals surface area contributed by atoms with Gasteiger partial charge in [0.1, 0.15) is 5.15 Å². The van der Waals surface area contributed by atoms with Gasteiger partial charge in [-0.05, 0) is 28.1 Å². The van der Waals surface area contributed by atoms with E-state index in [0.29, 0.717) is 17.5 Å². The van der Waals surface area contributed by atoms with Crippen molar-refractivity contribution in [2.75, 3.05) is 11.4 Å². The molecule has 0 N–H and O–H groups in total. The summed E-state index contributed by atoms with van der Waals surface area (Å²) < 4.78 is 0.728. The Hall–Kier alpha value is -0.870. The van der Waals surface area contributed by atoms with Crippen LogP contribution in [0.4, 0.5) is 5.82 Å². The first-order valence-electron chi connectivity index (χ1n) is 5.52. The number of anilines is 1. The maximum atomic E-state index is 12.4. The average Bonchev–Trinajstić information content (AvgIpc) is 2.27. The highest BCUT2D eigenvalue weighted by Crippen LogP contribution is 2.29. The highest BCUT2D eigenvalue weighted by Gasteiger charge is 2.29. The molecule has 1 amide bonds. The minimum absolute atomic E-state index is 0.0298. The Bertz CT molecular complexity index is 469. The van der Waals surface area contributed by atoms with Crippen LogP contribution in [0.25, 0.3) is 0 Å². The van der Waals surface area contributed by atoms with Crippen molar-refractivity contribution in [3.8, 4) is 0 Å². The number of hydrogen-bond donors (Lipinski definition) is 0. The van der Waals surface area contributed by atoms with Gasteiger partial charge in [-0.15, -0.1) is 6.58 Å². The van der Waals surface area contributed by atoms with Crippen LogP contribution < -0.4 is 4.90 Å². The first-order valence-corrected chi connectivity index (χ1v) is 6.69. The van der Waals surface area contributed by atoms with Crippen molar-refractivity contribution in [3.63, 3.8) is 0 Å². The Morgan fingerprint density at radius 3 is 2.67 bits per heavy atom. The zero-order chi connectivity index (χ0) is 13.9. The van der Waals surface area contributed by atoms with E-state index >= 15 is 0 Å². The zero-order valence-electron chi connectivity index (χ0n) is 10.7. The van der Waals surface area contributed by atoms with Gasteiger partial charge in [0.05, 0.1) is 4.47 Å². The van der Waals surface area contributed by atoms with Gasteiger partial charge < -0.3 is 0 Å². The van der Waals surface area contributed by atoms with E-state index < -0.39 is 5.41 Å². The molecule has 0 aliphatic carbocycles. The number of aromatic nitrogens is 1. The first-order chi connectivity index (χ1) is 8.27. The smallest absolute Gasteiger partial charge is 0.233 e. The summed E-state index contributed by atoms with van der Waals surface area (Å²) in [6.07, 6.45) is 1.67. The van der Waals surface area contributed by atoms with Gasteiger partial charge in [-0.3, -0.25) is 9.69 Å². The fraction of sp³-hybridized carbons (Fsp3) is 0.385. The van der Waals surface area contributed by atoms with Crippen LogP contribution in [-0.4, -0.2) is 17.4 Å². The van der Waals surface area contributed by atoms with Crippen molar-refractivity contribution in [1.82, 2.24) is 4.98 Å². The Labute approximate surface area is 121 Å². The summed E-state index contributed by atoms with van der Waals surface area (Å²) in [7, 11) is 0. The lowest BCUT2D eigenvalue weighted by atomic mass is 9.94. The van der Waals surface area contributed by atoms with Crippen molar-refractivity contribution < 1.29 is 4.79 Å². The third-order valence-electron chi connectivity index (χ3n) is 2.25. The summed E-state index contributed by atoms with van der Waals surface area (Å²) in [6.45, 7) is 9.66. The normalized spacial score (nSPS) is 11.2. The minimum atomic E-state index is -0.494. The van der Waals surface area contributed by atoms with E-state index in [2.05, 4.69) is 27.5 Å². The summed E-state index contributed by atoms with van der Waals surface area (Å²) in [5.41, 5.74) is -0.494. The molecule has 0 saturated carbocycles. The van der Waals surface area contributed by atoms with E-state index in [9.17, 15) is 4.79 Å². The van der Waals surface area contributed by atoms with Crippen molar-refractivity contribution in [1.29, 1.82) is 0 Å². The second-order valence-corrected chi connectivity index (χ2v) is 6.14. The lowest BCUT2D eigenvalue weighted by molar-refractivity contribution is -0.125. The molecule has 3 nitrogen and oxygen atoms in total. The highest BCUT2D eigenvalue weighted by atomic mass is 79.9. The van der Waals surface area contributed by atoms with Gasteiger partial charge in [0.2, 0.25) is 5.91 Å². The number of rotatable bonds is 3. The molecule has 1 rings (SSSR count). The van der Waals surface area contributed by atoms with Crippen LogP contribution in [0.15, 0.2) is 29.3 Å². The van der Waals surface area contributed by atoms with Crippen LogP contribution in [0.5, 0.6) is 0 Å². The molecule has 0 bridgehead atoms. The number of nitrogens with zero attached hydrogens (tertiary/aromatic N) is 2. The molecule has 0 unspecified atom stereocenters. The molecule has 5 heteroatoms. The maximum Gasteiger partial charge on any atom is 0.233 e. The molecule has 0 saturated heterocycles. The Kier molecular flexibility index (Phi) is 4.93. The van der Waals surface area contributed by atoms with E-state index in [-0.39, 0.29) is 5.91 Å². The van der Waals surface area contributed by atoms with Gasteiger partial charge in [-0.2, -0.15) is 0 Å². The van der Waals surface area contributed by atoms with Gasteiger partial charge in [-0.25, -0.2) is 4.98 Å². The molecule has 18 heavy (non-hydrogen) atoms. The summed E-state index contributed by atoms with van der Waals surface area (Å²) in [5, 5.41) is 0.351. The first kappa shape index (κ1) is 15.2. The lowest BCUT2D eigenvalue weighted by Crippen LogP contribution is -2.40. The molecule has 0 radical (unpaired) electrons. The lowest BCUT2D eigenvalue weighted by Gasteiger charge is -2.28. The predicted molar refractivity (Wildman–Crippen MR) is 79.0 cm³/mol. The van der Waals surface area contributed by atoms with E-state index in [4.69, 9.17) is 11.6 Å². The van der Waals surface area contributed by atoms with Gasteiger partial charge in [0.25, 0.3) is 0 Å². The van der Waals surface area contributed by atoms with Crippen LogP contribution >= 0.6 is 27.5 Å². The molecule has 0 aromatic carbocycles. The SMILES string of the molecule is C=CCN(C(=O)C(C)(C)C)c1nc(Cl)ccc1Br. The molecule has 0 aliphatic rings. The Morgan fingerprint density at radius 2 is 2.17 bits per heavy atom.